The normalized spacial score (nSPS) is 34.0. The number of rotatable bonds is 1. The number of hydrogen-bond acceptors (Lipinski definition) is 3. The van der Waals surface area contributed by atoms with E-state index in [0.29, 0.717) is 12.0 Å². The van der Waals surface area contributed by atoms with Gasteiger partial charge in [-0.05, 0) is 35.2 Å². The Morgan fingerprint density at radius 1 is 1.50 bits per heavy atom. The van der Waals surface area contributed by atoms with Crippen LogP contribution in [0.4, 0.5) is 0 Å². The van der Waals surface area contributed by atoms with Crippen molar-refractivity contribution in [2.24, 2.45) is 5.92 Å². The van der Waals surface area contributed by atoms with E-state index in [1.807, 2.05) is 0 Å². The third-order valence-electron chi connectivity index (χ3n) is 2.95. The van der Waals surface area contributed by atoms with Crippen LogP contribution in [-0.4, -0.2) is 19.2 Å². The summed E-state index contributed by atoms with van der Waals surface area (Å²) in [7, 11) is 0. The molecule has 2 nitrogen and oxygen atoms in total. The summed E-state index contributed by atoms with van der Waals surface area (Å²) in [4.78, 5) is 0. The molecular weight excluding hydrogens is 194 g/mol. The molecule has 0 spiro atoms. The summed E-state index contributed by atoms with van der Waals surface area (Å²) < 4.78 is 5.87. The van der Waals surface area contributed by atoms with Gasteiger partial charge in [0.2, 0.25) is 0 Å². The van der Waals surface area contributed by atoms with Gasteiger partial charge in [-0.25, -0.2) is 0 Å². The van der Waals surface area contributed by atoms with Gasteiger partial charge in [-0.2, -0.15) is 11.3 Å². The number of nitrogens with one attached hydrogen (secondary N) is 1. The van der Waals surface area contributed by atoms with Gasteiger partial charge in [0.15, 0.2) is 0 Å². The van der Waals surface area contributed by atoms with Crippen LogP contribution in [0.3, 0.4) is 0 Å². The SMILES string of the molecule is CC1COC(c2ccsc2)CNC1C. The molecule has 2 heterocycles. The molecule has 14 heavy (non-hydrogen) atoms. The second kappa shape index (κ2) is 4.43. The minimum atomic E-state index is 0.244. The molecule has 3 unspecified atom stereocenters. The summed E-state index contributed by atoms with van der Waals surface area (Å²) in [5.41, 5.74) is 1.31. The van der Waals surface area contributed by atoms with Crippen molar-refractivity contribution in [2.75, 3.05) is 13.2 Å². The lowest BCUT2D eigenvalue weighted by Gasteiger charge is -2.15. The lowest BCUT2D eigenvalue weighted by molar-refractivity contribution is 0.0499. The zero-order valence-electron chi connectivity index (χ0n) is 8.69. The molecular formula is C11H17NOS. The highest BCUT2D eigenvalue weighted by Gasteiger charge is 2.22. The van der Waals surface area contributed by atoms with Gasteiger partial charge < -0.3 is 10.1 Å². The smallest absolute Gasteiger partial charge is 0.0957 e. The lowest BCUT2D eigenvalue weighted by Crippen LogP contribution is -2.32. The number of ether oxygens (including phenoxy) is 1. The highest BCUT2D eigenvalue weighted by molar-refractivity contribution is 7.07. The predicted octanol–water partition coefficient (Wildman–Crippen LogP) is 2.43. The first-order chi connectivity index (χ1) is 6.77. The Hall–Kier alpha value is -0.380. The van der Waals surface area contributed by atoms with E-state index >= 15 is 0 Å². The maximum Gasteiger partial charge on any atom is 0.0957 e. The van der Waals surface area contributed by atoms with Gasteiger partial charge in [0.25, 0.3) is 0 Å². The Balaban J connectivity index is 2.02. The molecule has 3 atom stereocenters. The van der Waals surface area contributed by atoms with Crippen LogP contribution in [0, 0.1) is 5.92 Å². The third-order valence-corrected chi connectivity index (χ3v) is 3.66. The Morgan fingerprint density at radius 3 is 3.07 bits per heavy atom. The highest BCUT2D eigenvalue weighted by Crippen LogP contribution is 2.23. The fraction of sp³-hybridized carbons (Fsp3) is 0.636. The second-order valence-corrected chi connectivity index (χ2v) is 4.83. The van der Waals surface area contributed by atoms with Crippen LogP contribution in [-0.2, 0) is 4.74 Å². The molecule has 1 aromatic heterocycles. The molecule has 2 rings (SSSR count). The van der Waals surface area contributed by atoms with Gasteiger partial charge in [-0.3, -0.25) is 0 Å². The van der Waals surface area contributed by atoms with E-state index in [1.54, 1.807) is 11.3 Å². The Kier molecular flexibility index (Phi) is 3.21. The summed E-state index contributed by atoms with van der Waals surface area (Å²) in [6.07, 6.45) is 0.244. The Labute approximate surface area is 89.3 Å². The van der Waals surface area contributed by atoms with Crippen LogP contribution in [0.15, 0.2) is 16.8 Å². The fourth-order valence-corrected chi connectivity index (χ4v) is 2.34. The number of hydrogen-bond donors (Lipinski definition) is 1. The standard InChI is InChI=1S/C11H17NOS/c1-8-6-13-11(5-12-9(8)2)10-3-4-14-7-10/h3-4,7-9,11-12H,5-6H2,1-2H3. The van der Waals surface area contributed by atoms with Crippen molar-refractivity contribution in [2.45, 2.75) is 26.0 Å². The largest absolute Gasteiger partial charge is 0.372 e. The van der Waals surface area contributed by atoms with Crippen molar-refractivity contribution in [3.63, 3.8) is 0 Å². The van der Waals surface area contributed by atoms with Crippen molar-refractivity contribution >= 4 is 11.3 Å². The minimum absolute atomic E-state index is 0.244. The molecule has 1 aliphatic heterocycles. The van der Waals surface area contributed by atoms with Crippen molar-refractivity contribution in [3.8, 4) is 0 Å². The van der Waals surface area contributed by atoms with E-state index in [4.69, 9.17) is 4.74 Å². The van der Waals surface area contributed by atoms with Crippen molar-refractivity contribution in [1.29, 1.82) is 0 Å². The molecule has 0 aromatic carbocycles. The van der Waals surface area contributed by atoms with Crippen molar-refractivity contribution in [1.82, 2.24) is 5.32 Å². The van der Waals surface area contributed by atoms with Crippen LogP contribution in [0.5, 0.6) is 0 Å². The van der Waals surface area contributed by atoms with E-state index in [0.717, 1.165) is 13.2 Å². The van der Waals surface area contributed by atoms with Gasteiger partial charge in [-0.1, -0.05) is 6.92 Å². The molecule has 0 bridgehead atoms. The first-order valence-electron chi connectivity index (χ1n) is 5.14. The Morgan fingerprint density at radius 2 is 2.36 bits per heavy atom. The first kappa shape index (κ1) is 10.1. The second-order valence-electron chi connectivity index (χ2n) is 4.05. The van der Waals surface area contributed by atoms with Gasteiger partial charge in [0.05, 0.1) is 12.7 Å². The monoisotopic (exact) mass is 211 g/mol. The van der Waals surface area contributed by atoms with Crippen molar-refractivity contribution < 1.29 is 4.74 Å². The van der Waals surface area contributed by atoms with E-state index in [9.17, 15) is 0 Å². The fourth-order valence-electron chi connectivity index (χ4n) is 1.64. The zero-order chi connectivity index (χ0) is 9.97. The lowest BCUT2D eigenvalue weighted by atomic mass is 10.1. The maximum atomic E-state index is 5.87. The quantitative estimate of drug-likeness (QED) is 0.770. The Bertz CT molecular complexity index is 261. The summed E-state index contributed by atoms with van der Waals surface area (Å²) in [6.45, 7) is 6.24. The maximum absolute atomic E-state index is 5.87. The van der Waals surface area contributed by atoms with Crippen LogP contribution < -0.4 is 5.32 Å². The molecule has 78 valence electrons. The molecule has 1 fully saturated rings. The molecule has 0 radical (unpaired) electrons. The average molecular weight is 211 g/mol. The summed E-state index contributed by atoms with van der Waals surface area (Å²) >= 11 is 1.73. The molecule has 1 aromatic rings. The minimum Gasteiger partial charge on any atom is -0.372 e. The van der Waals surface area contributed by atoms with Gasteiger partial charge in [0, 0.05) is 12.6 Å². The first-order valence-corrected chi connectivity index (χ1v) is 6.08. The summed E-state index contributed by atoms with van der Waals surface area (Å²) in [6, 6.07) is 2.70. The molecule has 3 heteroatoms. The van der Waals surface area contributed by atoms with E-state index in [2.05, 4.69) is 36.0 Å². The average Bonchev–Trinajstić information content (AvgIpc) is 2.65. The third kappa shape index (κ3) is 2.16. The van der Waals surface area contributed by atoms with Gasteiger partial charge in [0.1, 0.15) is 0 Å². The molecule has 1 N–H and O–H groups in total. The van der Waals surface area contributed by atoms with Crippen LogP contribution in [0.2, 0.25) is 0 Å². The summed E-state index contributed by atoms with van der Waals surface area (Å²) in [5, 5.41) is 7.79. The van der Waals surface area contributed by atoms with Gasteiger partial charge >= 0.3 is 0 Å². The highest BCUT2D eigenvalue weighted by atomic mass is 32.1. The van der Waals surface area contributed by atoms with E-state index in [1.165, 1.54) is 5.56 Å². The predicted molar refractivity (Wildman–Crippen MR) is 59.6 cm³/mol. The van der Waals surface area contributed by atoms with Crippen LogP contribution in [0.1, 0.15) is 25.5 Å². The van der Waals surface area contributed by atoms with Gasteiger partial charge in [-0.15, -0.1) is 0 Å². The molecule has 0 aliphatic carbocycles. The topological polar surface area (TPSA) is 21.3 Å². The van der Waals surface area contributed by atoms with E-state index < -0.39 is 0 Å². The number of thiophene rings is 1. The molecule has 1 saturated heterocycles. The van der Waals surface area contributed by atoms with Crippen molar-refractivity contribution in [3.05, 3.63) is 22.4 Å². The molecule has 0 amide bonds. The van der Waals surface area contributed by atoms with E-state index in [-0.39, 0.29) is 6.10 Å². The summed E-state index contributed by atoms with van der Waals surface area (Å²) in [5.74, 6) is 0.596. The molecule has 0 saturated carbocycles. The zero-order valence-corrected chi connectivity index (χ0v) is 9.51. The van der Waals surface area contributed by atoms with Crippen LogP contribution in [0.25, 0.3) is 0 Å². The van der Waals surface area contributed by atoms with Crippen LogP contribution >= 0.6 is 11.3 Å². The molecule has 1 aliphatic rings.